The van der Waals surface area contributed by atoms with Crippen molar-refractivity contribution in [3.05, 3.63) is 47.0 Å². The zero-order valence-corrected chi connectivity index (χ0v) is 11.4. The van der Waals surface area contributed by atoms with Crippen LogP contribution >= 0.6 is 11.6 Å². The van der Waals surface area contributed by atoms with E-state index < -0.39 is 0 Å². The van der Waals surface area contributed by atoms with Crippen molar-refractivity contribution in [1.82, 2.24) is 15.0 Å². The minimum atomic E-state index is 0.242. The van der Waals surface area contributed by atoms with E-state index in [1.165, 1.54) is 11.1 Å². The molecular formula is C14H13ClN5+. The molecule has 0 bridgehead atoms. The number of halogens is 1. The molecule has 0 aliphatic heterocycles. The van der Waals surface area contributed by atoms with Crippen LogP contribution in [0.4, 0.5) is 5.82 Å². The molecule has 3 N–H and O–H groups in total. The van der Waals surface area contributed by atoms with E-state index in [9.17, 15) is 0 Å². The van der Waals surface area contributed by atoms with Crippen molar-refractivity contribution in [2.24, 2.45) is 0 Å². The number of hydrogen-bond donors (Lipinski definition) is 2. The molecule has 20 heavy (non-hydrogen) atoms. The number of benzene rings is 1. The Kier molecular flexibility index (Phi) is 2.60. The summed E-state index contributed by atoms with van der Waals surface area (Å²) >= 11 is 5.96. The van der Waals surface area contributed by atoms with Crippen LogP contribution in [0.15, 0.2) is 30.6 Å². The Bertz CT molecular complexity index is 757. The molecule has 0 fully saturated rings. The molecule has 0 saturated heterocycles. The summed E-state index contributed by atoms with van der Waals surface area (Å²) in [7, 11) is 0. The summed E-state index contributed by atoms with van der Waals surface area (Å²) in [5.41, 5.74) is 4.37. The van der Waals surface area contributed by atoms with E-state index in [0.717, 1.165) is 24.2 Å². The Labute approximate surface area is 120 Å². The molecule has 2 aromatic heterocycles. The van der Waals surface area contributed by atoms with Crippen LogP contribution in [0.25, 0.3) is 11.2 Å². The van der Waals surface area contributed by atoms with Gasteiger partial charge >= 0.3 is 10.9 Å². The van der Waals surface area contributed by atoms with Gasteiger partial charge < -0.3 is 5.32 Å². The molecule has 3 aromatic rings. The zero-order chi connectivity index (χ0) is 13.5. The van der Waals surface area contributed by atoms with Crippen LogP contribution < -0.4 is 10.3 Å². The highest BCUT2D eigenvalue weighted by Crippen LogP contribution is 2.26. The second-order valence-electron chi connectivity index (χ2n) is 5.02. The van der Waals surface area contributed by atoms with Gasteiger partial charge in [-0.1, -0.05) is 29.2 Å². The van der Waals surface area contributed by atoms with Crippen molar-refractivity contribution in [1.29, 1.82) is 0 Å². The molecule has 1 aromatic carbocycles. The first-order valence-corrected chi connectivity index (χ1v) is 6.93. The highest BCUT2D eigenvalue weighted by Gasteiger charge is 2.23. The van der Waals surface area contributed by atoms with Crippen LogP contribution in [0.5, 0.6) is 0 Å². The largest absolute Gasteiger partial charge is 0.363 e. The van der Waals surface area contributed by atoms with Crippen molar-refractivity contribution in [3.63, 3.8) is 0 Å². The summed E-state index contributed by atoms with van der Waals surface area (Å²) in [6.45, 7) is 0. The van der Waals surface area contributed by atoms with Crippen LogP contribution in [0.3, 0.4) is 0 Å². The molecule has 0 saturated carbocycles. The second kappa shape index (κ2) is 4.45. The van der Waals surface area contributed by atoms with Crippen LogP contribution in [0.2, 0.25) is 5.28 Å². The van der Waals surface area contributed by atoms with Crippen molar-refractivity contribution in [2.45, 2.75) is 18.9 Å². The van der Waals surface area contributed by atoms with Gasteiger partial charge in [0.1, 0.15) is 0 Å². The van der Waals surface area contributed by atoms with Crippen molar-refractivity contribution in [3.8, 4) is 0 Å². The highest BCUT2D eigenvalue weighted by atomic mass is 35.5. The number of nitrogens with one attached hydrogen (secondary N) is 3. The monoisotopic (exact) mass is 286 g/mol. The summed E-state index contributed by atoms with van der Waals surface area (Å²) in [5, 5.41) is 3.71. The average molecular weight is 287 g/mol. The summed E-state index contributed by atoms with van der Waals surface area (Å²) < 4.78 is 0. The van der Waals surface area contributed by atoms with Crippen molar-refractivity contribution in [2.75, 3.05) is 5.32 Å². The number of imidazole rings is 1. The van der Waals surface area contributed by atoms with E-state index in [1.807, 2.05) is 0 Å². The molecule has 100 valence electrons. The van der Waals surface area contributed by atoms with Gasteiger partial charge in [-0.25, -0.2) is 4.98 Å². The Hall–Kier alpha value is -2.14. The fourth-order valence-electron chi connectivity index (χ4n) is 2.81. The minimum Gasteiger partial charge on any atom is -0.363 e. The van der Waals surface area contributed by atoms with Gasteiger partial charge in [0.25, 0.3) is 0 Å². The number of nitrogens with zero attached hydrogens (tertiary/aromatic N) is 2. The molecule has 0 amide bonds. The molecule has 0 atom stereocenters. The first kappa shape index (κ1) is 11.7. The van der Waals surface area contributed by atoms with Crippen LogP contribution in [0.1, 0.15) is 11.1 Å². The molecular weight excluding hydrogens is 274 g/mol. The van der Waals surface area contributed by atoms with Crippen molar-refractivity contribution < 1.29 is 4.98 Å². The van der Waals surface area contributed by atoms with E-state index in [0.29, 0.717) is 11.7 Å². The Morgan fingerprint density at radius 2 is 1.95 bits per heavy atom. The van der Waals surface area contributed by atoms with Crippen LogP contribution in [-0.2, 0) is 12.8 Å². The van der Waals surface area contributed by atoms with E-state index in [-0.39, 0.29) is 5.28 Å². The zero-order valence-electron chi connectivity index (χ0n) is 10.7. The summed E-state index contributed by atoms with van der Waals surface area (Å²) in [6, 6.07) is 8.87. The van der Waals surface area contributed by atoms with Gasteiger partial charge in [-0.05, 0) is 35.6 Å². The lowest BCUT2D eigenvalue weighted by Gasteiger charge is -2.11. The number of fused-ring (bicyclic) bond motifs is 2. The second-order valence-corrected chi connectivity index (χ2v) is 5.35. The number of rotatable bonds is 2. The van der Waals surface area contributed by atoms with Gasteiger partial charge in [-0.2, -0.15) is 4.98 Å². The Morgan fingerprint density at radius 3 is 2.70 bits per heavy atom. The van der Waals surface area contributed by atoms with Gasteiger partial charge in [0.05, 0.1) is 0 Å². The molecule has 5 nitrogen and oxygen atoms in total. The lowest BCUT2D eigenvalue weighted by atomic mass is 10.1. The van der Waals surface area contributed by atoms with Crippen LogP contribution in [0, 0.1) is 0 Å². The molecule has 1 aliphatic carbocycles. The lowest BCUT2D eigenvalue weighted by molar-refractivity contribution is -0.347. The standard InChI is InChI=1S/C14H12ClN5/c15-14-19-12-11(16-7-17-12)13(20-14)18-10-5-8-3-1-2-4-9(8)6-10/h1-4,7,10H,5-6H2,(H2,16,17,18,19,20)/p+1. The maximum atomic E-state index is 5.96. The quantitative estimate of drug-likeness (QED) is 0.708. The smallest absolute Gasteiger partial charge is 0.306 e. The minimum absolute atomic E-state index is 0.242. The number of anilines is 1. The summed E-state index contributed by atoms with van der Waals surface area (Å²) in [4.78, 5) is 14.6. The third kappa shape index (κ3) is 1.91. The fraction of sp³-hybridized carbons (Fsp3) is 0.214. The Morgan fingerprint density at radius 1 is 1.20 bits per heavy atom. The normalized spacial score (nSPS) is 14.7. The number of hydrogen-bond acceptors (Lipinski definition) is 3. The highest BCUT2D eigenvalue weighted by molar-refractivity contribution is 6.28. The van der Waals surface area contributed by atoms with Crippen molar-refractivity contribution >= 4 is 28.6 Å². The predicted molar refractivity (Wildman–Crippen MR) is 76.7 cm³/mol. The van der Waals surface area contributed by atoms with E-state index in [4.69, 9.17) is 11.6 Å². The first-order chi connectivity index (χ1) is 9.79. The maximum absolute atomic E-state index is 5.96. The molecule has 0 unspecified atom stereocenters. The molecule has 2 heterocycles. The van der Waals surface area contributed by atoms with Gasteiger partial charge in [0.15, 0.2) is 12.1 Å². The van der Waals surface area contributed by atoms with E-state index in [1.54, 1.807) is 6.33 Å². The molecule has 0 radical (unpaired) electrons. The maximum Gasteiger partial charge on any atom is 0.306 e. The third-order valence-electron chi connectivity index (χ3n) is 3.70. The van der Waals surface area contributed by atoms with Gasteiger partial charge in [0.2, 0.25) is 5.52 Å². The number of aromatic amines is 2. The molecule has 6 heteroatoms. The van der Waals surface area contributed by atoms with E-state index >= 15 is 0 Å². The summed E-state index contributed by atoms with van der Waals surface area (Å²) in [6.07, 6.45) is 3.73. The summed E-state index contributed by atoms with van der Waals surface area (Å²) in [5.74, 6) is 0.749. The third-order valence-corrected chi connectivity index (χ3v) is 3.87. The molecule has 4 rings (SSSR count). The Balaban J connectivity index is 1.65. The number of aromatic nitrogens is 4. The lowest BCUT2D eigenvalue weighted by Crippen LogP contribution is -2.20. The SMILES string of the molecule is Clc1nc(NC2Cc3ccccc3C2)c2[nH]c[nH+]c2n1. The molecule has 0 spiro atoms. The van der Waals surface area contributed by atoms with E-state index in [2.05, 4.69) is 49.5 Å². The average Bonchev–Trinajstić information content (AvgIpc) is 3.03. The fourth-order valence-corrected chi connectivity index (χ4v) is 2.98. The predicted octanol–water partition coefficient (Wildman–Crippen LogP) is 2.00. The van der Waals surface area contributed by atoms with Crippen LogP contribution in [-0.4, -0.2) is 21.0 Å². The first-order valence-electron chi connectivity index (χ1n) is 6.55. The number of H-pyrrole nitrogens is 2. The van der Waals surface area contributed by atoms with Gasteiger partial charge in [-0.3, -0.25) is 4.98 Å². The van der Waals surface area contributed by atoms with Gasteiger partial charge in [-0.15, -0.1) is 0 Å². The molecule has 1 aliphatic rings. The van der Waals surface area contributed by atoms with Gasteiger partial charge in [0, 0.05) is 6.04 Å². The topological polar surface area (TPSA) is 67.7 Å².